The lowest BCUT2D eigenvalue weighted by Crippen LogP contribution is -1.86. The van der Waals surface area contributed by atoms with Crippen LogP contribution in [-0.4, -0.2) is 11.1 Å². The minimum Gasteiger partial charge on any atom is -0.472 e. The molecule has 56 valence electrons. The molecule has 0 spiro atoms. The Balaban J connectivity index is 2.90. The van der Waals surface area contributed by atoms with Crippen molar-refractivity contribution in [3.8, 4) is 11.8 Å². The molecule has 0 fully saturated rings. The highest BCUT2D eigenvalue weighted by atomic mass is 16.4. The van der Waals surface area contributed by atoms with Crippen LogP contribution in [0.3, 0.4) is 0 Å². The van der Waals surface area contributed by atoms with Crippen molar-refractivity contribution < 1.29 is 14.3 Å². The maximum absolute atomic E-state index is 10.0. The van der Waals surface area contributed by atoms with Gasteiger partial charge < -0.3 is 9.52 Å². The van der Waals surface area contributed by atoms with Crippen molar-refractivity contribution in [3.63, 3.8) is 0 Å². The average Bonchev–Trinajstić information content (AvgIpc) is 2.31. The summed E-state index contributed by atoms with van der Waals surface area (Å²) in [7, 11) is 0. The van der Waals surface area contributed by atoms with Crippen molar-refractivity contribution in [2.24, 2.45) is 0 Å². The molecule has 1 aromatic rings. The number of hydrogen-bond acceptors (Lipinski definition) is 2. The Kier molecular flexibility index (Phi) is 1.98. The van der Waals surface area contributed by atoms with Crippen molar-refractivity contribution >= 4 is 5.97 Å². The van der Waals surface area contributed by atoms with E-state index in [0.29, 0.717) is 11.3 Å². The first-order valence-electron chi connectivity index (χ1n) is 2.99. The van der Waals surface area contributed by atoms with E-state index < -0.39 is 5.97 Å². The molecule has 0 aromatic carbocycles. The molecule has 1 N–H and O–H groups in total. The second kappa shape index (κ2) is 2.93. The molecular weight excluding hydrogens is 144 g/mol. The summed E-state index contributed by atoms with van der Waals surface area (Å²) < 4.78 is 4.90. The molecule has 0 aliphatic carbocycles. The average molecular weight is 150 g/mol. The van der Waals surface area contributed by atoms with Gasteiger partial charge in [-0.2, -0.15) is 0 Å². The maximum atomic E-state index is 10.0. The SMILES string of the molecule is Cc1occc1C#CC(=O)O. The van der Waals surface area contributed by atoms with Gasteiger partial charge in [-0.1, -0.05) is 5.92 Å². The van der Waals surface area contributed by atoms with Crippen molar-refractivity contribution in [2.45, 2.75) is 6.92 Å². The van der Waals surface area contributed by atoms with Gasteiger partial charge in [-0.05, 0) is 13.0 Å². The molecule has 11 heavy (non-hydrogen) atoms. The fourth-order valence-corrected chi connectivity index (χ4v) is 0.635. The predicted molar refractivity (Wildman–Crippen MR) is 38.0 cm³/mol. The van der Waals surface area contributed by atoms with E-state index in [2.05, 4.69) is 5.92 Å². The Morgan fingerprint density at radius 2 is 2.45 bits per heavy atom. The molecule has 0 atom stereocenters. The van der Waals surface area contributed by atoms with E-state index in [1.54, 1.807) is 13.0 Å². The third-order valence-corrected chi connectivity index (χ3v) is 1.16. The van der Waals surface area contributed by atoms with E-state index in [-0.39, 0.29) is 0 Å². The number of furan rings is 1. The molecule has 0 saturated heterocycles. The van der Waals surface area contributed by atoms with E-state index in [9.17, 15) is 4.79 Å². The van der Waals surface area contributed by atoms with Crippen LogP contribution >= 0.6 is 0 Å². The highest BCUT2D eigenvalue weighted by Gasteiger charge is 1.95. The van der Waals surface area contributed by atoms with Gasteiger partial charge in [-0.15, -0.1) is 0 Å². The van der Waals surface area contributed by atoms with E-state index in [1.807, 2.05) is 5.92 Å². The normalized spacial score (nSPS) is 8.45. The smallest absolute Gasteiger partial charge is 0.382 e. The van der Waals surface area contributed by atoms with Crippen LogP contribution in [-0.2, 0) is 4.79 Å². The Morgan fingerprint density at radius 3 is 2.91 bits per heavy atom. The van der Waals surface area contributed by atoms with Gasteiger partial charge in [0, 0.05) is 5.92 Å². The molecule has 0 saturated carbocycles. The van der Waals surface area contributed by atoms with Gasteiger partial charge in [0.15, 0.2) is 0 Å². The summed E-state index contributed by atoms with van der Waals surface area (Å²) in [4.78, 5) is 10.0. The summed E-state index contributed by atoms with van der Waals surface area (Å²) in [5, 5.41) is 8.20. The van der Waals surface area contributed by atoms with E-state index in [4.69, 9.17) is 9.52 Å². The van der Waals surface area contributed by atoms with Gasteiger partial charge in [0.05, 0.1) is 11.8 Å². The third kappa shape index (κ3) is 1.87. The van der Waals surface area contributed by atoms with Crippen molar-refractivity contribution in [1.82, 2.24) is 0 Å². The maximum Gasteiger partial charge on any atom is 0.382 e. The van der Waals surface area contributed by atoms with Crippen LogP contribution in [0.25, 0.3) is 0 Å². The number of rotatable bonds is 0. The Bertz CT molecular complexity index is 325. The lowest BCUT2D eigenvalue weighted by Gasteiger charge is -1.80. The zero-order valence-corrected chi connectivity index (χ0v) is 5.92. The van der Waals surface area contributed by atoms with Crippen molar-refractivity contribution in [2.75, 3.05) is 0 Å². The number of aliphatic carboxylic acids is 1. The molecule has 1 rings (SSSR count). The standard InChI is InChI=1S/C8H6O3/c1-6-7(4-5-11-6)2-3-8(9)10/h4-5H,1H3,(H,9,10). The Hall–Kier alpha value is -1.69. The molecule has 0 aliphatic heterocycles. The first-order valence-corrected chi connectivity index (χ1v) is 2.99. The quantitative estimate of drug-likeness (QED) is 0.562. The monoisotopic (exact) mass is 150 g/mol. The van der Waals surface area contributed by atoms with Gasteiger partial charge >= 0.3 is 5.97 Å². The van der Waals surface area contributed by atoms with Gasteiger partial charge in [0.2, 0.25) is 0 Å². The largest absolute Gasteiger partial charge is 0.472 e. The van der Waals surface area contributed by atoms with Gasteiger partial charge in [0.1, 0.15) is 5.76 Å². The topological polar surface area (TPSA) is 50.4 Å². The number of aryl methyl sites for hydroxylation is 1. The van der Waals surface area contributed by atoms with Gasteiger partial charge in [-0.3, -0.25) is 0 Å². The number of carboxylic acids is 1. The fourth-order valence-electron chi connectivity index (χ4n) is 0.635. The van der Waals surface area contributed by atoms with Gasteiger partial charge in [-0.25, -0.2) is 4.79 Å². The highest BCUT2D eigenvalue weighted by molar-refractivity contribution is 5.87. The first kappa shape index (κ1) is 7.42. The lowest BCUT2D eigenvalue weighted by molar-refractivity contribution is -0.130. The van der Waals surface area contributed by atoms with Crippen molar-refractivity contribution in [1.29, 1.82) is 0 Å². The summed E-state index contributed by atoms with van der Waals surface area (Å²) in [6.07, 6.45) is 1.47. The molecular formula is C8H6O3. The molecule has 1 heterocycles. The molecule has 3 nitrogen and oxygen atoms in total. The summed E-state index contributed by atoms with van der Waals surface area (Å²) in [6.45, 7) is 1.73. The first-order chi connectivity index (χ1) is 5.20. The molecule has 0 bridgehead atoms. The summed E-state index contributed by atoms with van der Waals surface area (Å²) >= 11 is 0. The number of carbonyl (C=O) groups is 1. The minimum atomic E-state index is -1.13. The number of hydrogen-bond donors (Lipinski definition) is 1. The lowest BCUT2D eigenvalue weighted by atomic mass is 10.3. The van der Waals surface area contributed by atoms with Crippen LogP contribution in [0.5, 0.6) is 0 Å². The highest BCUT2D eigenvalue weighted by Crippen LogP contribution is 2.05. The Morgan fingerprint density at radius 1 is 1.73 bits per heavy atom. The summed E-state index contributed by atoms with van der Waals surface area (Å²) in [6, 6.07) is 1.63. The van der Waals surface area contributed by atoms with Crippen LogP contribution in [0.15, 0.2) is 16.7 Å². The van der Waals surface area contributed by atoms with Gasteiger partial charge in [0.25, 0.3) is 0 Å². The fraction of sp³-hybridized carbons (Fsp3) is 0.125. The zero-order chi connectivity index (χ0) is 8.27. The minimum absolute atomic E-state index is 0.618. The summed E-state index contributed by atoms with van der Waals surface area (Å²) in [5.74, 6) is 3.95. The third-order valence-electron chi connectivity index (χ3n) is 1.16. The molecule has 0 amide bonds. The van der Waals surface area contributed by atoms with Crippen LogP contribution in [0, 0.1) is 18.8 Å². The summed E-state index contributed by atoms with van der Waals surface area (Å²) in [5.41, 5.74) is 0.618. The van der Waals surface area contributed by atoms with E-state index >= 15 is 0 Å². The predicted octanol–water partition coefficient (Wildman–Crippen LogP) is 1.02. The number of carboxylic acid groups (broad SMARTS) is 1. The molecule has 0 aliphatic rings. The molecule has 3 heteroatoms. The molecule has 1 aromatic heterocycles. The van der Waals surface area contributed by atoms with Crippen LogP contribution in [0.2, 0.25) is 0 Å². The van der Waals surface area contributed by atoms with Crippen LogP contribution in [0.4, 0.5) is 0 Å². The van der Waals surface area contributed by atoms with E-state index in [0.717, 1.165) is 0 Å². The Labute approximate surface area is 63.6 Å². The second-order valence-corrected chi connectivity index (χ2v) is 1.95. The zero-order valence-electron chi connectivity index (χ0n) is 5.92. The van der Waals surface area contributed by atoms with Crippen LogP contribution < -0.4 is 0 Å². The second-order valence-electron chi connectivity index (χ2n) is 1.95. The van der Waals surface area contributed by atoms with E-state index in [1.165, 1.54) is 6.26 Å². The molecule has 0 unspecified atom stereocenters. The van der Waals surface area contributed by atoms with Crippen LogP contribution in [0.1, 0.15) is 11.3 Å². The molecule has 0 radical (unpaired) electrons. The van der Waals surface area contributed by atoms with Crippen molar-refractivity contribution in [3.05, 3.63) is 23.7 Å².